The number of rotatable bonds is 3. The molecule has 0 fully saturated rings. The van der Waals surface area contributed by atoms with E-state index in [0.717, 1.165) is 6.42 Å². The van der Waals surface area contributed by atoms with E-state index in [9.17, 15) is 0 Å². The Morgan fingerprint density at radius 3 is 2.62 bits per heavy atom. The topological polar surface area (TPSA) is 27.1 Å². The van der Waals surface area contributed by atoms with Crippen molar-refractivity contribution in [2.45, 2.75) is 13.3 Å². The van der Waals surface area contributed by atoms with Crippen LogP contribution in [-0.2, 0) is 0 Å². The zero-order chi connectivity index (χ0) is 6.41. The molecule has 0 unspecified atom stereocenters. The molecule has 0 atom stereocenters. The molecule has 2 heteroatoms. The molecule has 0 bridgehead atoms. The van der Waals surface area contributed by atoms with Crippen molar-refractivity contribution in [3.63, 3.8) is 0 Å². The van der Waals surface area contributed by atoms with Gasteiger partial charge in [0.25, 0.3) is 0 Å². The first-order chi connectivity index (χ1) is 3.81. The fourth-order valence-electron chi connectivity index (χ4n) is 0.315. The minimum atomic E-state index is 1.03. The Morgan fingerprint density at radius 2 is 2.25 bits per heavy atom. The highest BCUT2D eigenvalue weighted by molar-refractivity contribution is 5.51. The van der Waals surface area contributed by atoms with E-state index >= 15 is 0 Å². The lowest BCUT2D eigenvalue weighted by Crippen LogP contribution is -2.04. The maximum Gasteiger partial charge on any atom is 0.0854 e. The number of hydrogen-bond donors (Lipinski definition) is 1. The average Bonchev–Trinajstić information content (AvgIpc) is 1.83. The third-order valence-electron chi connectivity index (χ3n) is 0.780. The minimum absolute atomic E-state index is 1.03. The predicted octanol–water partition coefficient (Wildman–Crippen LogP) is 1.45. The van der Waals surface area contributed by atoms with Gasteiger partial charge in [-0.2, -0.15) is 0 Å². The molecule has 1 N–H and O–H groups in total. The molecule has 0 aromatic carbocycles. The van der Waals surface area contributed by atoms with Crippen LogP contribution in [0.25, 0.3) is 0 Å². The van der Waals surface area contributed by atoms with Crippen LogP contribution in [0.4, 0.5) is 0 Å². The summed E-state index contributed by atoms with van der Waals surface area (Å²) in [6.07, 6.45) is 6.17. The van der Waals surface area contributed by atoms with Gasteiger partial charge in [-0.05, 0) is 6.42 Å². The Bertz CT molecular complexity index is 86.5. The lowest BCUT2D eigenvalue weighted by atomic mass is 10.5. The smallest absolute Gasteiger partial charge is 0.0854 e. The summed E-state index contributed by atoms with van der Waals surface area (Å²) in [5.41, 5.74) is 0. The van der Waals surface area contributed by atoms with Crippen LogP contribution in [0.2, 0.25) is 0 Å². The summed E-state index contributed by atoms with van der Waals surface area (Å²) in [6.45, 7) is 2.06. The van der Waals surface area contributed by atoms with E-state index in [1.165, 1.54) is 6.34 Å². The summed E-state index contributed by atoms with van der Waals surface area (Å²) in [5.74, 6) is 0. The van der Waals surface area contributed by atoms with Crippen LogP contribution in [0, 0.1) is 5.41 Å². The van der Waals surface area contributed by atoms with Crippen molar-refractivity contribution in [2.75, 3.05) is 7.05 Å². The molecule has 0 saturated heterocycles. The second-order valence-electron chi connectivity index (χ2n) is 1.59. The van der Waals surface area contributed by atoms with Crippen molar-refractivity contribution in [1.82, 2.24) is 4.90 Å². The van der Waals surface area contributed by atoms with Gasteiger partial charge in [-0.1, -0.05) is 13.0 Å². The van der Waals surface area contributed by atoms with Crippen LogP contribution in [0.1, 0.15) is 13.3 Å². The van der Waals surface area contributed by atoms with Crippen molar-refractivity contribution < 1.29 is 0 Å². The fraction of sp³-hybridized carbons (Fsp3) is 0.500. The van der Waals surface area contributed by atoms with Crippen molar-refractivity contribution >= 4 is 6.34 Å². The summed E-state index contributed by atoms with van der Waals surface area (Å²) in [5, 5.41) is 6.74. The summed E-state index contributed by atoms with van der Waals surface area (Å²) in [6, 6.07) is 0. The largest absolute Gasteiger partial charge is 0.343 e. The maximum atomic E-state index is 6.74. The molecule has 0 saturated carbocycles. The number of nitrogens with zero attached hydrogens (tertiary/aromatic N) is 1. The molecule has 0 aliphatic carbocycles. The molecule has 0 amide bonds. The molecule has 0 aromatic heterocycles. The van der Waals surface area contributed by atoms with Gasteiger partial charge in [0.15, 0.2) is 0 Å². The Labute approximate surface area is 50.3 Å². The predicted molar refractivity (Wildman–Crippen MR) is 36.0 cm³/mol. The van der Waals surface area contributed by atoms with E-state index in [4.69, 9.17) is 5.41 Å². The fourth-order valence-corrected chi connectivity index (χ4v) is 0.315. The maximum absolute atomic E-state index is 6.74. The SMILES string of the molecule is CCC=CN(C)C=N. The molecule has 46 valence electrons. The highest BCUT2D eigenvalue weighted by Crippen LogP contribution is 1.81. The summed E-state index contributed by atoms with van der Waals surface area (Å²) >= 11 is 0. The van der Waals surface area contributed by atoms with E-state index < -0.39 is 0 Å². The van der Waals surface area contributed by atoms with Gasteiger partial charge in [-0.3, -0.25) is 5.41 Å². The molecule has 0 rings (SSSR count). The molecule has 0 aromatic rings. The van der Waals surface area contributed by atoms with Gasteiger partial charge in [0, 0.05) is 13.2 Å². The molecule has 0 aliphatic heterocycles. The first-order valence-electron chi connectivity index (χ1n) is 2.70. The van der Waals surface area contributed by atoms with Crippen LogP contribution in [0.3, 0.4) is 0 Å². The molecule has 0 spiro atoms. The Kier molecular flexibility index (Phi) is 3.94. The normalized spacial score (nSPS) is 9.75. The van der Waals surface area contributed by atoms with Gasteiger partial charge in [0.05, 0.1) is 6.34 Å². The average molecular weight is 112 g/mol. The van der Waals surface area contributed by atoms with E-state index in [2.05, 4.69) is 6.92 Å². The Hall–Kier alpha value is -0.790. The molecular weight excluding hydrogens is 100 g/mol. The second kappa shape index (κ2) is 4.37. The lowest BCUT2D eigenvalue weighted by molar-refractivity contribution is 0.701. The summed E-state index contributed by atoms with van der Waals surface area (Å²) < 4.78 is 0. The molecule has 0 heterocycles. The first-order valence-corrected chi connectivity index (χ1v) is 2.70. The van der Waals surface area contributed by atoms with E-state index in [-0.39, 0.29) is 0 Å². The lowest BCUT2D eigenvalue weighted by Gasteiger charge is -2.01. The van der Waals surface area contributed by atoms with E-state index in [1.54, 1.807) is 4.90 Å². The number of nitrogens with one attached hydrogen (secondary N) is 1. The minimum Gasteiger partial charge on any atom is -0.343 e. The van der Waals surface area contributed by atoms with Gasteiger partial charge < -0.3 is 4.90 Å². The van der Waals surface area contributed by atoms with Gasteiger partial charge >= 0.3 is 0 Å². The third kappa shape index (κ3) is 3.40. The van der Waals surface area contributed by atoms with E-state index in [0.29, 0.717) is 0 Å². The summed E-state index contributed by atoms with van der Waals surface area (Å²) in [4.78, 5) is 1.70. The van der Waals surface area contributed by atoms with Crippen LogP contribution < -0.4 is 0 Å². The Balaban J connectivity index is 3.35. The zero-order valence-electron chi connectivity index (χ0n) is 5.39. The molecule has 0 aliphatic rings. The molecule has 2 nitrogen and oxygen atoms in total. The highest BCUT2D eigenvalue weighted by atomic mass is 15.1. The van der Waals surface area contributed by atoms with Crippen LogP contribution >= 0.6 is 0 Å². The van der Waals surface area contributed by atoms with Crippen LogP contribution in [0.15, 0.2) is 12.3 Å². The van der Waals surface area contributed by atoms with Crippen LogP contribution in [-0.4, -0.2) is 18.3 Å². The van der Waals surface area contributed by atoms with Gasteiger partial charge in [-0.25, -0.2) is 0 Å². The number of allylic oxidation sites excluding steroid dienone is 1. The van der Waals surface area contributed by atoms with Crippen molar-refractivity contribution in [3.05, 3.63) is 12.3 Å². The van der Waals surface area contributed by atoms with Crippen LogP contribution in [0.5, 0.6) is 0 Å². The number of hydrogen-bond acceptors (Lipinski definition) is 1. The quantitative estimate of drug-likeness (QED) is 0.434. The van der Waals surface area contributed by atoms with Gasteiger partial charge in [0.2, 0.25) is 0 Å². The standard InChI is InChI=1S/C6H12N2/c1-3-4-5-8(2)6-7/h4-7H,3H2,1-2H3. The summed E-state index contributed by atoms with van der Waals surface area (Å²) in [7, 11) is 1.83. The van der Waals surface area contributed by atoms with Crippen molar-refractivity contribution in [1.29, 1.82) is 5.41 Å². The van der Waals surface area contributed by atoms with Gasteiger partial charge in [0.1, 0.15) is 0 Å². The van der Waals surface area contributed by atoms with E-state index in [1.807, 2.05) is 19.3 Å². The second-order valence-corrected chi connectivity index (χ2v) is 1.59. The highest BCUT2D eigenvalue weighted by Gasteiger charge is 1.75. The monoisotopic (exact) mass is 112 g/mol. The van der Waals surface area contributed by atoms with Crippen molar-refractivity contribution in [3.8, 4) is 0 Å². The molecule has 0 radical (unpaired) electrons. The third-order valence-corrected chi connectivity index (χ3v) is 0.780. The van der Waals surface area contributed by atoms with Gasteiger partial charge in [-0.15, -0.1) is 0 Å². The van der Waals surface area contributed by atoms with Crippen molar-refractivity contribution in [2.24, 2.45) is 0 Å². The Morgan fingerprint density at radius 1 is 1.62 bits per heavy atom. The molecule has 8 heavy (non-hydrogen) atoms. The molecular formula is C6H12N2. The zero-order valence-corrected chi connectivity index (χ0v) is 5.39. The first kappa shape index (κ1) is 7.21.